The molecule has 0 bridgehead atoms. The molecule has 1 atom stereocenters. The van der Waals surface area contributed by atoms with E-state index in [1.54, 1.807) is 13.2 Å². The Morgan fingerprint density at radius 1 is 1.78 bits per heavy atom. The van der Waals surface area contributed by atoms with Gasteiger partial charge in [0.1, 0.15) is 0 Å². The van der Waals surface area contributed by atoms with Crippen molar-refractivity contribution < 1.29 is 14.7 Å². The van der Waals surface area contributed by atoms with Gasteiger partial charge in [-0.15, -0.1) is 0 Å². The Morgan fingerprint density at radius 3 is 2.44 bits per heavy atom. The predicted molar refractivity (Wildman–Crippen MR) is 31.7 cm³/mol. The molecule has 0 aromatic carbocycles. The van der Waals surface area contributed by atoms with Gasteiger partial charge in [0.15, 0.2) is 6.29 Å². The normalized spacial score (nSPS) is 12.6. The van der Waals surface area contributed by atoms with Crippen LogP contribution in [-0.2, 0) is 9.59 Å². The molecule has 1 radical (unpaired) electrons. The van der Waals surface area contributed by atoms with E-state index in [0.717, 1.165) is 0 Å². The van der Waals surface area contributed by atoms with E-state index in [0.29, 0.717) is 6.42 Å². The van der Waals surface area contributed by atoms with Crippen LogP contribution in [0.4, 0.5) is 0 Å². The zero-order chi connectivity index (χ0) is 7.28. The third-order valence-electron chi connectivity index (χ3n) is 1.17. The van der Waals surface area contributed by atoms with Crippen LogP contribution in [0.1, 0.15) is 19.8 Å². The molecule has 0 heterocycles. The first-order valence-electron chi connectivity index (χ1n) is 2.80. The number of hydrogen-bond acceptors (Lipinski definition) is 2. The molecule has 0 saturated heterocycles. The van der Waals surface area contributed by atoms with E-state index in [2.05, 4.69) is 0 Å². The van der Waals surface area contributed by atoms with Crippen molar-refractivity contribution in [2.75, 3.05) is 0 Å². The largest absolute Gasteiger partial charge is 0.481 e. The van der Waals surface area contributed by atoms with Crippen LogP contribution in [-0.4, -0.2) is 17.4 Å². The topological polar surface area (TPSA) is 54.4 Å². The smallest absolute Gasteiger partial charge is 0.306 e. The fourth-order valence-electron chi connectivity index (χ4n) is 0.507. The average molecular weight is 129 g/mol. The van der Waals surface area contributed by atoms with Gasteiger partial charge in [0, 0.05) is 6.42 Å². The van der Waals surface area contributed by atoms with Crippen LogP contribution in [0.5, 0.6) is 0 Å². The molecule has 9 heavy (non-hydrogen) atoms. The predicted octanol–water partition coefficient (Wildman–Crippen LogP) is 0.597. The zero-order valence-corrected chi connectivity index (χ0v) is 5.26. The van der Waals surface area contributed by atoms with Crippen molar-refractivity contribution in [1.82, 2.24) is 0 Å². The third kappa shape index (κ3) is 2.85. The van der Waals surface area contributed by atoms with E-state index in [1.165, 1.54) is 0 Å². The number of aliphatic carboxylic acids is 1. The first kappa shape index (κ1) is 8.14. The van der Waals surface area contributed by atoms with Crippen molar-refractivity contribution in [2.45, 2.75) is 19.8 Å². The van der Waals surface area contributed by atoms with Crippen molar-refractivity contribution in [3.63, 3.8) is 0 Å². The molecule has 0 saturated carbocycles. The first-order valence-corrected chi connectivity index (χ1v) is 2.80. The second-order valence-corrected chi connectivity index (χ2v) is 1.79. The Labute approximate surface area is 53.7 Å². The van der Waals surface area contributed by atoms with Crippen LogP contribution >= 0.6 is 0 Å². The van der Waals surface area contributed by atoms with Gasteiger partial charge in [-0.2, -0.15) is 0 Å². The maximum absolute atomic E-state index is 10.1. The van der Waals surface area contributed by atoms with Crippen LogP contribution in [0.2, 0.25) is 0 Å². The molecular formula is C6H9O3. The number of carbonyl (C=O) groups is 1. The number of carboxylic acid groups (broad SMARTS) is 1. The molecule has 3 heteroatoms. The van der Waals surface area contributed by atoms with E-state index in [1.807, 2.05) is 0 Å². The fraction of sp³-hybridized carbons (Fsp3) is 0.667. The van der Waals surface area contributed by atoms with Crippen LogP contribution in [0.15, 0.2) is 0 Å². The number of carboxylic acids is 1. The maximum Gasteiger partial charge on any atom is 0.306 e. The lowest BCUT2D eigenvalue weighted by Gasteiger charge is -2.01. The van der Waals surface area contributed by atoms with Gasteiger partial charge in [-0.05, 0) is 6.42 Å². The summed E-state index contributed by atoms with van der Waals surface area (Å²) in [7, 11) is 0. The van der Waals surface area contributed by atoms with Crippen molar-refractivity contribution in [3.8, 4) is 0 Å². The van der Waals surface area contributed by atoms with Gasteiger partial charge in [-0.1, -0.05) is 6.92 Å². The van der Waals surface area contributed by atoms with Crippen molar-refractivity contribution in [1.29, 1.82) is 0 Å². The molecule has 0 amide bonds. The van der Waals surface area contributed by atoms with Crippen molar-refractivity contribution in [2.24, 2.45) is 5.92 Å². The number of hydrogen-bond donors (Lipinski definition) is 1. The summed E-state index contributed by atoms with van der Waals surface area (Å²) in [5.41, 5.74) is 0. The summed E-state index contributed by atoms with van der Waals surface area (Å²) in [5, 5.41) is 8.33. The van der Waals surface area contributed by atoms with Gasteiger partial charge in [-0.3, -0.25) is 9.59 Å². The SMILES string of the molecule is CCC(C[C]=O)C(=O)O. The monoisotopic (exact) mass is 129 g/mol. The van der Waals surface area contributed by atoms with Gasteiger partial charge in [0.2, 0.25) is 0 Å². The minimum Gasteiger partial charge on any atom is -0.481 e. The van der Waals surface area contributed by atoms with Crippen LogP contribution in [0.25, 0.3) is 0 Å². The number of carbonyl (C=O) groups excluding carboxylic acids is 1. The van der Waals surface area contributed by atoms with E-state index >= 15 is 0 Å². The quantitative estimate of drug-likeness (QED) is 0.604. The molecular weight excluding hydrogens is 120 g/mol. The molecule has 0 rings (SSSR count). The summed E-state index contributed by atoms with van der Waals surface area (Å²) in [4.78, 5) is 19.8. The van der Waals surface area contributed by atoms with Crippen molar-refractivity contribution in [3.05, 3.63) is 0 Å². The fourth-order valence-corrected chi connectivity index (χ4v) is 0.507. The first-order chi connectivity index (χ1) is 4.22. The molecule has 0 aromatic heterocycles. The Kier molecular flexibility index (Phi) is 3.67. The highest BCUT2D eigenvalue weighted by Gasteiger charge is 2.13. The molecule has 1 unspecified atom stereocenters. The van der Waals surface area contributed by atoms with Crippen LogP contribution < -0.4 is 0 Å². The summed E-state index contributed by atoms with van der Waals surface area (Å²) in [6.45, 7) is 1.73. The Bertz CT molecular complexity index is 109. The molecule has 0 aliphatic heterocycles. The van der Waals surface area contributed by atoms with E-state index in [9.17, 15) is 9.59 Å². The number of rotatable bonds is 4. The van der Waals surface area contributed by atoms with Crippen LogP contribution in [0.3, 0.4) is 0 Å². The van der Waals surface area contributed by atoms with Crippen LogP contribution in [0, 0.1) is 5.92 Å². The minimum absolute atomic E-state index is 0.00579. The van der Waals surface area contributed by atoms with Gasteiger partial charge in [0.25, 0.3) is 0 Å². The summed E-state index contributed by atoms with van der Waals surface area (Å²) in [6.07, 6.45) is 2.07. The van der Waals surface area contributed by atoms with Gasteiger partial charge < -0.3 is 5.11 Å². The highest BCUT2D eigenvalue weighted by atomic mass is 16.4. The second-order valence-electron chi connectivity index (χ2n) is 1.79. The molecule has 3 nitrogen and oxygen atoms in total. The summed E-state index contributed by atoms with van der Waals surface area (Å²) < 4.78 is 0. The molecule has 51 valence electrons. The average Bonchev–Trinajstić information content (AvgIpc) is 1.82. The van der Waals surface area contributed by atoms with E-state index in [4.69, 9.17) is 5.11 Å². The summed E-state index contributed by atoms with van der Waals surface area (Å²) >= 11 is 0. The summed E-state index contributed by atoms with van der Waals surface area (Å²) in [6, 6.07) is 0. The molecule has 0 aliphatic rings. The van der Waals surface area contributed by atoms with Gasteiger partial charge >= 0.3 is 5.97 Å². The maximum atomic E-state index is 10.1. The molecule has 0 fully saturated rings. The zero-order valence-electron chi connectivity index (χ0n) is 5.26. The lowest BCUT2D eigenvalue weighted by molar-refractivity contribution is -0.141. The summed E-state index contributed by atoms with van der Waals surface area (Å²) in [5.74, 6) is -1.46. The highest BCUT2D eigenvalue weighted by Crippen LogP contribution is 2.04. The minimum atomic E-state index is -0.916. The van der Waals surface area contributed by atoms with Gasteiger partial charge in [0.05, 0.1) is 5.92 Å². The van der Waals surface area contributed by atoms with Crippen molar-refractivity contribution >= 4 is 12.3 Å². The lowest BCUT2D eigenvalue weighted by atomic mass is 10.0. The standard InChI is InChI=1S/C6H9O3/c1-2-5(3-4-7)6(8)9/h5H,2-3H2,1H3,(H,8,9). The Balaban J connectivity index is 3.67. The third-order valence-corrected chi connectivity index (χ3v) is 1.17. The molecule has 0 aliphatic carbocycles. The molecule has 1 N–H and O–H groups in total. The molecule has 0 spiro atoms. The molecule has 0 aromatic rings. The highest BCUT2D eigenvalue weighted by molar-refractivity contribution is 5.73. The van der Waals surface area contributed by atoms with E-state index < -0.39 is 11.9 Å². The van der Waals surface area contributed by atoms with Gasteiger partial charge in [-0.25, -0.2) is 0 Å². The Hall–Kier alpha value is -0.860. The Morgan fingerprint density at radius 2 is 2.33 bits per heavy atom. The second kappa shape index (κ2) is 4.06. The van der Waals surface area contributed by atoms with E-state index in [-0.39, 0.29) is 6.42 Å². The lowest BCUT2D eigenvalue weighted by Crippen LogP contribution is -2.12.